The van der Waals surface area contributed by atoms with Crippen LogP contribution in [0.25, 0.3) is 0 Å². The van der Waals surface area contributed by atoms with Gasteiger partial charge in [0.05, 0.1) is 6.61 Å². The Balaban J connectivity index is 2.92. The second kappa shape index (κ2) is 3.98. The van der Waals surface area contributed by atoms with Crippen LogP contribution in [0.15, 0.2) is 16.1 Å². The van der Waals surface area contributed by atoms with Crippen LogP contribution >= 0.6 is 0 Å². The molecule has 0 aromatic rings. The molecule has 0 unspecified atom stereocenters. The van der Waals surface area contributed by atoms with Crippen molar-refractivity contribution in [2.45, 2.75) is 13.8 Å². The summed E-state index contributed by atoms with van der Waals surface area (Å²) in [6.07, 6.45) is 1.52. The molecule has 0 spiro atoms. The van der Waals surface area contributed by atoms with Crippen LogP contribution < -0.4 is 0 Å². The minimum atomic E-state index is -0.545. The number of rotatable bonds is 2. The molecule has 1 aliphatic rings. The van der Waals surface area contributed by atoms with E-state index < -0.39 is 5.97 Å². The van der Waals surface area contributed by atoms with E-state index in [0.29, 0.717) is 5.57 Å². The number of dihydropyridines is 1. The molecule has 70 valence electrons. The van der Waals surface area contributed by atoms with E-state index in [1.165, 1.54) is 6.21 Å². The number of ketones is 1. The molecule has 0 N–H and O–H groups in total. The Kier molecular flexibility index (Phi) is 2.95. The summed E-state index contributed by atoms with van der Waals surface area (Å²) in [5, 5.41) is 0. The Hall–Kier alpha value is -1.45. The summed E-state index contributed by atoms with van der Waals surface area (Å²) in [5.41, 5.74) is 0.714. The van der Waals surface area contributed by atoms with Gasteiger partial charge in [-0.25, -0.2) is 4.79 Å². The zero-order valence-corrected chi connectivity index (χ0v) is 7.66. The Morgan fingerprint density at radius 3 is 2.92 bits per heavy atom. The predicted molar refractivity (Wildman–Crippen MR) is 47.7 cm³/mol. The summed E-state index contributed by atoms with van der Waals surface area (Å²) in [4.78, 5) is 26.3. The average Bonchev–Trinajstić information content (AvgIpc) is 2.04. The summed E-state index contributed by atoms with van der Waals surface area (Å²) in [6, 6.07) is 0. The molecule has 0 bridgehead atoms. The third-order valence-corrected chi connectivity index (χ3v) is 1.67. The van der Waals surface area contributed by atoms with Crippen LogP contribution in [0.2, 0.25) is 0 Å². The Morgan fingerprint density at radius 2 is 2.38 bits per heavy atom. The predicted octanol–water partition coefficient (Wildman–Crippen LogP) is 0.520. The molecule has 0 fully saturated rings. The largest absolute Gasteiger partial charge is 0.462 e. The van der Waals surface area contributed by atoms with Gasteiger partial charge in [0.25, 0.3) is 0 Å². The first-order valence-electron chi connectivity index (χ1n) is 4.07. The molecule has 0 saturated heterocycles. The zero-order valence-electron chi connectivity index (χ0n) is 7.66. The van der Waals surface area contributed by atoms with Gasteiger partial charge in [-0.05, 0) is 19.4 Å². The second-order valence-corrected chi connectivity index (χ2v) is 2.67. The van der Waals surface area contributed by atoms with Crippen molar-refractivity contribution in [1.29, 1.82) is 0 Å². The molecule has 0 radical (unpaired) electrons. The van der Waals surface area contributed by atoms with E-state index in [1.54, 1.807) is 13.8 Å². The number of Topliss-reactive ketones (excluding diaryl/α,β-unsaturated/α-hetero) is 1. The number of carbonyl (C=O) groups excluding carboxylic acids is 2. The van der Waals surface area contributed by atoms with Crippen molar-refractivity contribution >= 4 is 18.0 Å². The fourth-order valence-electron chi connectivity index (χ4n) is 1.11. The maximum Gasteiger partial charge on any atom is 0.342 e. The van der Waals surface area contributed by atoms with Crippen molar-refractivity contribution in [3.05, 3.63) is 11.1 Å². The third kappa shape index (κ3) is 2.02. The van der Waals surface area contributed by atoms with Crippen molar-refractivity contribution in [2.75, 3.05) is 13.2 Å². The molecule has 1 aliphatic heterocycles. The number of allylic oxidation sites excluding steroid dienone is 1. The quantitative estimate of drug-likeness (QED) is 0.461. The van der Waals surface area contributed by atoms with Gasteiger partial charge in [-0.2, -0.15) is 0 Å². The fourth-order valence-corrected chi connectivity index (χ4v) is 1.11. The van der Waals surface area contributed by atoms with Crippen molar-refractivity contribution < 1.29 is 14.3 Å². The lowest BCUT2D eigenvalue weighted by Gasteiger charge is -2.09. The lowest BCUT2D eigenvalue weighted by Crippen LogP contribution is -2.22. The van der Waals surface area contributed by atoms with Crippen LogP contribution in [-0.4, -0.2) is 31.1 Å². The number of hydrogen-bond donors (Lipinski definition) is 0. The van der Waals surface area contributed by atoms with Crippen molar-refractivity contribution in [1.82, 2.24) is 0 Å². The highest BCUT2D eigenvalue weighted by atomic mass is 16.5. The molecular formula is C9H11NO3. The minimum absolute atomic E-state index is 0.0471. The molecule has 1 heterocycles. The lowest BCUT2D eigenvalue weighted by atomic mass is 10.0. The molecule has 4 heteroatoms. The highest BCUT2D eigenvalue weighted by Gasteiger charge is 2.23. The molecule has 0 saturated carbocycles. The standard InChI is InChI=1S/C9H11NO3/c1-3-13-9(12)8-6(2)4-10-5-7(8)11/h4H,3,5H2,1-2H3. The van der Waals surface area contributed by atoms with Gasteiger partial charge in [0.1, 0.15) is 12.1 Å². The average molecular weight is 181 g/mol. The Morgan fingerprint density at radius 1 is 1.69 bits per heavy atom. The highest BCUT2D eigenvalue weighted by molar-refractivity contribution is 6.22. The van der Waals surface area contributed by atoms with Gasteiger partial charge in [-0.15, -0.1) is 0 Å². The van der Waals surface area contributed by atoms with E-state index in [4.69, 9.17) is 4.74 Å². The second-order valence-electron chi connectivity index (χ2n) is 2.67. The summed E-state index contributed by atoms with van der Waals surface area (Å²) in [7, 11) is 0. The normalized spacial score (nSPS) is 16.3. The molecule has 0 amide bonds. The van der Waals surface area contributed by atoms with E-state index in [-0.39, 0.29) is 24.5 Å². The van der Waals surface area contributed by atoms with Crippen molar-refractivity contribution in [2.24, 2.45) is 4.99 Å². The van der Waals surface area contributed by atoms with Gasteiger partial charge in [0.15, 0.2) is 5.78 Å². The zero-order chi connectivity index (χ0) is 9.84. The first-order valence-corrected chi connectivity index (χ1v) is 4.07. The van der Waals surface area contributed by atoms with E-state index in [0.717, 1.165) is 0 Å². The van der Waals surface area contributed by atoms with Crippen LogP contribution in [-0.2, 0) is 14.3 Å². The topological polar surface area (TPSA) is 55.7 Å². The van der Waals surface area contributed by atoms with Gasteiger partial charge < -0.3 is 4.74 Å². The molecule has 1 rings (SSSR count). The smallest absolute Gasteiger partial charge is 0.342 e. The number of hydrogen-bond acceptors (Lipinski definition) is 4. The monoisotopic (exact) mass is 181 g/mol. The molecule has 0 atom stereocenters. The fraction of sp³-hybridized carbons (Fsp3) is 0.444. The number of nitrogens with zero attached hydrogens (tertiary/aromatic N) is 1. The minimum Gasteiger partial charge on any atom is -0.462 e. The number of carbonyl (C=O) groups is 2. The summed E-state index contributed by atoms with van der Waals surface area (Å²) in [5.74, 6) is -0.811. The molecule has 0 aliphatic carbocycles. The molecular weight excluding hydrogens is 170 g/mol. The number of esters is 1. The SMILES string of the molecule is CCOC(=O)C1=C(C)C=NCC1=O. The van der Waals surface area contributed by atoms with Gasteiger partial charge >= 0.3 is 5.97 Å². The Labute approximate surface area is 76.3 Å². The maximum atomic E-state index is 11.3. The van der Waals surface area contributed by atoms with Crippen molar-refractivity contribution in [3.63, 3.8) is 0 Å². The molecule has 0 aromatic carbocycles. The lowest BCUT2D eigenvalue weighted by molar-refractivity contribution is -0.140. The summed E-state index contributed by atoms with van der Waals surface area (Å²) < 4.78 is 4.74. The summed E-state index contributed by atoms with van der Waals surface area (Å²) >= 11 is 0. The van der Waals surface area contributed by atoms with Gasteiger partial charge in [0, 0.05) is 6.21 Å². The highest BCUT2D eigenvalue weighted by Crippen LogP contribution is 2.10. The number of aliphatic imine (C=N–C) groups is 1. The van der Waals surface area contributed by atoms with E-state index in [9.17, 15) is 9.59 Å². The molecule has 4 nitrogen and oxygen atoms in total. The van der Waals surface area contributed by atoms with E-state index >= 15 is 0 Å². The third-order valence-electron chi connectivity index (χ3n) is 1.67. The summed E-state index contributed by atoms with van der Waals surface area (Å²) in [6.45, 7) is 3.70. The van der Waals surface area contributed by atoms with Gasteiger partial charge in [0.2, 0.25) is 0 Å². The van der Waals surface area contributed by atoms with Crippen LogP contribution in [0.4, 0.5) is 0 Å². The van der Waals surface area contributed by atoms with Gasteiger partial charge in [-0.3, -0.25) is 9.79 Å². The van der Waals surface area contributed by atoms with Crippen molar-refractivity contribution in [3.8, 4) is 0 Å². The maximum absolute atomic E-state index is 11.3. The first-order chi connectivity index (χ1) is 6.16. The van der Waals surface area contributed by atoms with E-state index in [2.05, 4.69) is 4.99 Å². The molecule has 13 heavy (non-hydrogen) atoms. The van der Waals surface area contributed by atoms with Crippen LogP contribution in [0.1, 0.15) is 13.8 Å². The van der Waals surface area contributed by atoms with E-state index in [1.807, 2.05) is 0 Å². The van der Waals surface area contributed by atoms with Crippen LogP contribution in [0, 0.1) is 0 Å². The van der Waals surface area contributed by atoms with Gasteiger partial charge in [-0.1, -0.05) is 0 Å². The first kappa shape index (κ1) is 9.64. The molecule has 0 aromatic heterocycles. The number of ether oxygens (including phenoxy) is 1. The van der Waals surface area contributed by atoms with Crippen LogP contribution in [0.3, 0.4) is 0 Å². The Bertz CT molecular complexity index is 302. The van der Waals surface area contributed by atoms with Crippen LogP contribution in [0.5, 0.6) is 0 Å².